The number of anilines is 2. The van der Waals surface area contributed by atoms with Gasteiger partial charge in [-0.05, 0) is 30.3 Å². The zero-order chi connectivity index (χ0) is 23.4. The molecule has 2 fully saturated rings. The van der Waals surface area contributed by atoms with Crippen molar-refractivity contribution in [2.45, 2.75) is 6.10 Å². The fraction of sp³-hybridized carbons (Fsp3) is 0.348. The third kappa shape index (κ3) is 4.90. The number of hydrogen-bond acceptors (Lipinski definition) is 6. The van der Waals surface area contributed by atoms with Crippen molar-refractivity contribution in [2.24, 2.45) is 0 Å². The number of cyclic esters (lactones) is 1. The molecule has 2 N–H and O–H groups in total. The van der Waals surface area contributed by atoms with Gasteiger partial charge in [0.15, 0.2) is 0 Å². The third-order valence-electron chi connectivity index (χ3n) is 5.60. The van der Waals surface area contributed by atoms with Crippen molar-refractivity contribution in [3.8, 4) is 0 Å². The van der Waals surface area contributed by atoms with E-state index >= 15 is 0 Å². The predicted molar refractivity (Wildman–Crippen MR) is 119 cm³/mol. The molecule has 0 aromatic heterocycles. The van der Waals surface area contributed by atoms with E-state index in [9.17, 15) is 18.8 Å². The molecule has 174 valence electrons. The molecule has 0 bridgehead atoms. The van der Waals surface area contributed by atoms with Crippen LogP contribution in [0.1, 0.15) is 20.7 Å². The number of hydrogen-bond donors (Lipinski definition) is 2. The SMILES string of the molecule is CNC(=O)c1ccccc1C(=O)NC[C@H]1CN(c2ccc(N3CCOCC3)c(F)c2)C(=O)O1. The van der Waals surface area contributed by atoms with Gasteiger partial charge in [-0.15, -0.1) is 0 Å². The summed E-state index contributed by atoms with van der Waals surface area (Å²) in [5.74, 6) is -1.25. The van der Waals surface area contributed by atoms with Gasteiger partial charge in [0.2, 0.25) is 0 Å². The molecule has 2 aliphatic heterocycles. The standard InChI is InChI=1S/C23H25FN4O5/c1-25-21(29)17-4-2-3-5-18(17)22(30)26-13-16-14-28(23(31)33-16)15-6-7-20(19(24)12-15)27-8-10-32-11-9-27/h2-7,12,16H,8-11,13-14H2,1H3,(H,25,29)(H,26,30)/t16-/m0/s1. The van der Waals surface area contributed by atoms with Gasteiger partial charge in [-0.25, -0.2) is 9.18 Å². The molecule has 2 heterocycles. The van der Waals surface area contributed by atoms with Crippen LogP contribution in [0.4, 0.5) is 20.6 Å². The summed E-state index contributed by atoms with van der Waals surface area (Å²) in [6.45, 7) is 2.50. The van der Waals surface area contributed by atoms with E-state index in [1.54, 1.807) is 36.4 Å². The summed E-state index contributed by atoms with van der Waals surface area (Å²) >= 11 is 0. The van der Waals surface area contributed by atoms with Crippen LogP contribution in [-0.2, 0) is 9.47 Å². The second-order valence-corrected chi connectivity index (χ2v) is 7.69. The first-order valence-corrected chi connectivity index (χ1v) is 10.7. The minimum atomic E-state index is -0.615. The minimum absolute atomic E-state index is 0.0531. The van der Waals surface area contributed by atoms with Crippen LogP contribution in [0.3, 0.4) is 0 Å². The Labute approximate surface area is 190 Å². The summed E-state index contributed by atoms with van der Waals surface area (Å²) in [6.07, 6.45) is -1.23. The van der Waals surface area contributed by atoms with Crippen molar-refractivity contribution in [3.05, 3.63) is 59.4 Å². The Morgan fingerprint density at radius 2 is 1.79 bits per heavy atom. The van der Waals surface area contributed by atoms with Crippen molar-refractivity contribution in [3.63, 3.8) is 0 Å². The van der Waals surface area contributed by atoms with E-state index in [1.165, 1.54) is 18.0 Å². The van der Waals surface area contributed by atoms with Crippen LogP contribution >= 0.6 is 0 Å². The van der Waals surface area contributed by atoms with Gasteiger partial charge in [0.05, 0.1) is 48.8 Å². The first kappa shape index (κ1) is 22.5. The van der Waals surface area contributed by atoms with Gasteiger partial charge in [0, 0.05) is 20.1 Å². The minimum Gasteiger partial charge on any atom is -0.442 e. The molecule has 1 atom stereocenters. The summed E-state index contributed by atoms with van der Waals surface area (Å²) in [7, 11) is 1.49. The Kier molecular flexibility index (Phi) is 6.74. The zero-order valence-corrected chi connectivity index (χ0v) is 18.2. The van der Waals surface area contributed by atoms with E-state index in [0.717, 1.165) is 0 Å². The van der Waals surface area contributed by atoms with Gasteiger partial charge in [0.1, 0.15) is 11.9 Å². The van der Waals surface area contributed by atoms with Gasteiger partial charge in [-0.2, -0.15) is 0 Å². The van der Waals surface area contributed by atoms with Crippen molar-refractivity contribution in [1.29, 1.82) is 0 Å². The molecular formula is C23H25FN4O5. The summed E-state index contributed by atoms with van der Waals surface area (Å²) in [5.41, 5.74) is 1.32. The van der Waals surface area contributed by atoms with Crippen molar-refractivity contribution in [2.75, 3.05) is 56.2 Å². The number of nitrogens with one attached hydrogen (secondary N) is 2. The topological polar surface area (TPSA) is 100 Å². The average Bonchev–Trinajstić information content (AvgIpc) is 3.22. The quantitative estimate of drug-likeness (QED) is 0.688. The zero-order valence-electron chi connectivity index (χ0n) is 18.2. The van der Waals surface area contributed by atoms with Crippen molar-refractivity contribution >= 4 is 29.3 Å². The summed E-state index contributed by atoms with van der Waals surface area (Å²) in [5, 5.41) is 5.20. The van der Waals surface area contributed by atoms with Gasteiger partial charge < -0.3 is 25.0 Å². The maximum absolute atomic E-state index is 14.7. The Balaban J connectivity index is 1.38. The van der Waals surface area contributed by atoms with Crippen LogP contribution < -0.4 is 20.4 Å². The number of benzene rings is 2. The van der Waals surface area contributed by atoms with Crippen molar-refractivity contribution < 1.29 is 28.2 Å². The molecule has 0 radical (unpaired) electrons. The Morgan fingerprint density at radius 1 is 1.09 bits per heavy atom. The fourth-order valence-corrected chi connectivity index (χ4v) is 3.88. The molecule has 2 aliphatic rings. The second kappa shape index (κ2) is 9.86. The smallest absolute Gasteiger partial charge is 0.414 e. The van der Waals surface area contributed by atoms with Crippen LogP contribution in [0.25, 0.3) is 0 Å². The second-order valence-electron chi connectivity index (χ2n) is 7.69. The van der Waals surface area contributed by atoms with Crippen LogP contribution in [0.5, 0.6) is 0 Å². The highest BCUT2D eigenvalue weighted by molar-refractivity contribution is 6.07. The van der Waals surface area contributed by atoms with E-state index in [1.807, 2.05) is 4.90 Å². The molecule has 0 aliphatic carbocycles. The predicted octanol–water partition coefficient (Wildman–Crippen LogP) is 1.78. The maximum Gasteiger partial charge on any atom is 0.414 e. The van der Waals surface area contributed by atoms with E-state index < -0.39 is 23.9 Å². The molecule has 2 saturated heterocycles. The van der Waals surface area contributed by atoms with E-state index in [2.05, 4.69) is 10.6 Å². The van der Waals surface area contributed by atoms with Crippen LogP contribution in [0.2, 0.25) is 0 Å². The number of nitrogens with zero attached hydrogens (tertiary/aromatic N) is 2. The Bertz CT molecular complexity index is 1060. The number of carbonyl (C=O) groups is 3. The van der Waals surface area contributed by atoms with Crippen LogP contribution in [-0.4, -0.2) is 70.5 Å². The third-order valence-corrected chi connectivity index (χ3v) is 5.60. The monoisotopic (exact) mass is 456 g/mol. The lowest BCUT2D eigenvalue weighted by molar-refractivity contribution is 0.0900. The lowest BCUT2D eigenvalue weighted by Crippen LogP contribution is -2.37. The number of rotatable bonds is 6. The number of halogens is 1. The van der Waals surface area contributed by atoms with E-state index in [-0.39, 0.29) is 30.1 Å². The summed E-state index contributed by atoms with van der Waals surface area (Å²) in [4.78, 5) is 40.2. The lowest BCUT2D eigenvalue weighted by atomic mass is 10.1. The molecule has 10 heteroatoms. The molecule has 33 heavy (non-hydrogen) atoms. The average molecular weight is 456 g/mol. The number of ether oxygens (including phenoxy) is 2. The van der Waals surface area contributed by atoms with Gasteiger partial charge in [-0.3, -0.25) is 14.5 Å². The van der Waals surface area contributed by atoms with Gasteiger partial charge in [0.25, 0.3) is 11.8 Å². The molecule has 4 rings (SSSR count). The molecule has 3 amide bonds. The van der Waals surface area contributed by atoms with Crippen LogP contribution in [0.15, 0.2) is 42.5 Å². The molecule has 0 unspecified atom stereocenters. The van der Waals surface area contributed by atoms with Crippen molar-refractivity contribution in [1.82, 2.24) is 10.6 Å². The van der Waals surface area contributed by atoms with E-state index in [4.69, 9.17) is 9.47 Å². The highest BCUT2D eigenvalue weighted by Crippen LogP contribution is 2.28. The first-order valence-electron chi connectivity index (χ1n) is 10.7. The fourth-order valence-electron chi connectivity index (χ4n) is 3.88. The highest BCUT2D eigenvalue weighted by atomic mass is 19.1. The number of amides is 3. The normalized spacial score (nSPS) is 18.1. The molecule has 2 aromatic carbocycles. The highest BCUT2D eigenvalue weighted by Gasteiger charge is 2.33. The summed E-state index contributed by atoms with van der Waals surface area (Å²) < 4.78 is 25.4. The van der Waals surface area contributed by atoms with Crippen LogP contribution in [0, 0.1) is 5.82 Å². The van der Waals surface area contributed by atoms with Gasteiger partial charge in [-0.1, -0.05) is 12.1 Å². The molecule has 2 aromatic rings. The molecule has 9 nitrogen and oxygen atoms in total. The molecule has 0 saturated carbocycles. The largest absolute Gasteiger partial charge is 0.442 e. The number of carbonyl (C=O) groups excluding carboxylic acids is 3. The lowest BCUT2D eigenvalue weighted by Gasteiger charge is -2.29. The van der Waals surface area contributed by atoms with E-state index in [0.29, 0.717) is 37.7 Å². The maximum atomic E-state index is 14.7. The Morgan fingerprint density at radius 3 is 2.45 bits per heavy atom. The number of morpholine rings is 1. The Hall–Kier alpha value is -3.66. The van der Waals surface area contributed by atoms with Gasteiger partial charge >= 0.3 is 6.09 Å². The molecular weight excluding hydrogens is 431 g/mol. The first-order chi connectivity index (χ1) is 16.0. The molecule has 0 spiro atoms. The summed E-state index contributed by atoms with van der Waals surface area (Å²) in [6, 6.07) is 11.1.